The molecule has 0 fully saturated rings. The van der Waals surface area contributed by atoms with Gasteiger partial charge in [0.25, 0.3) is 11.2 Å². The van der Waals surface area contributed by atoms with Crippen molar-refractivity contribution in [1.29, 1.82) is 0 Å². The number of allylic oxidation sites excluding steroid dienone is 1. The maximum absolute atomic E-state index is 14.0. The van der Waals surface area contributed by atoms with Crippen LogP contribution in [-0.2, 0) is 16.1 Å². The van der Waals surface area contributed by atoms with E-state index in [2.05, 4.69) is 4.99 Å². The zero-order chi connectivity index (χ0) is 31.4. The minimum absolute atomic E-state index is 0.0993. The molecule has 0 spiro atoms. The van der Waals surface area contributed by atoms with Gasteiger partial charge in [-0.1, -0.05) is 73.7 Å². The number of para-hydroxylation sites is 1. The average Bonchev–Trinajstić information content (AvgIpc) is 3.32. The fraction of sp³-hybridized carbons (Fsp3) is 0.242. The molecule has 1 aromatic heterocycles. The molecular formula is C33H31N3O7S. The summed E-state index contributed by atoms with van der Waals surface area (Å²) in [4.78, 5) is 43.6. The van der Waals surface area contributed by atoms with Gasteiger partial charge in [-0.3, -0.25) is 19.5 Å². The first kappa shape index (κ1) is 30.4. The smallest absolute Gasteiger partial charge is 0.338 e. The van der Waals surface area contributed by atoms with Crippen LogP contribution in [0.25, 0.3) is 6.08 Å². The average molecular weight is 614 g/mol. The molecule has 1 unspecified atom stereocenters. The van der Waals surface area contributed by atoms with Crippen LogP contribution in [0.1, 0.15) is 43.5 Å². The van der Waals surface area contributed by atoms with E-state index in [1.54, 1.807) is 43.3 Å². The maximum Gasteiger partial charge on any atom is 0.338 e. The van der Waals surface area contributed by atoms with Gasteiger partial charge in [0, 0.05) is 6.07 Å². The van der Waals surface area contributed by atoms with Crippen molar-refractivity contribution in [3.8, 4) is 11.5 Å². The van der Waals surface area contributed by atoms with Gasteiger partial charge >= 0.3 is 5.97 Å². The lowest BCUT2D eigenvalue weighted by molar-refractivity contribution is -0.385. The Morgan fingerprint density at radius 2 is 1.82 bits per heavy atom. The molecule has 3 aromatic carbocycles. The first-order valence-corrected chi connectivity index (χ1v) is 14.8. The molecule has 226 valence electrons. The molecule has 0 N–H and O–H groups in total. The molecule has 0 amide bonds. The molecule has 0 radical (unpaired) electrons. The number of fused-ring (bicyclic) bond motifs is 1. The predicted octanol–water partition coefficient (Wildman–Crippen LogP) is 4.93. The molecule has 44 heavy (non-hydrogen) atoms. The van der Waals surface area contributed by atoms with E-state index in [4.69, 9.17) is 14.2 Å². The number of ether oxygens (including phenoxy) is 3. The van der Waals surface area contributed by atoms with Crippen LogP contribution in [0.3, 0.4) is 0 Å². The third-order valence-electron chi connectivity index (χ3n) is 6.95. The summed E-state index contributed by atoms with van der Waals surface area (Å²) < 4.78 is 19.0. The van der Waals surface area contributed by atoms with Crippen LogP contribution in [0.4, 0.5) is 5.69 Å². The van der Waals surface area contributed by atoms with Gasteiger partial charge in [-0.15, -0.1) is 0 Å². The molecule has 0 saturated heterocycles. The Kier molecular flexibility index (Phi) is 9.05. The number of thiazole rings is 1. The summed E-state index contributed by atoms with van der Waals surface area (Å²) in [6.07, 6.45) is 1.48. The zero-order valence-corrected chi connectivity index (χ0v) is 25.5. The molecular weight excluding hydrogens is 582 g/mol. The number of hydrogen-bond acceptors (Lipinski definition) is 9. The summed E-state index contributed by atoms with van der Waals surface area (Å²) in [6, 6.07) is 20.3. The first-order chi connectivity index (χ1) is 21.2. The molecule has 0 bridgehead atoms. The van der Waals surface area contributed by atoms with Crippen molar-refractivity contribution >= 4 is 29.1 Å². The van der Waals surface area contributed by atoms with Crippen molar-refractivity contribution < 1.29 is 23.9 Å². The first-order valence-electron chi connectivity index (χ1n) is 14.0. The van der Waals surface area contributed by atoms with Crippen LogP contribution in [-0.4, -0.2) is 29.2 Å². The molecule has 1 atom stereocenters. The quantitative estimate of drug-likeness (QED) is 0.141. The van der Waals surface area contributed by atoms with E-state index < -0.39 is 22.5 Å². The fourth-order valence-corrected chi connectivity index (χ4v) is 5.88. The second kappa shape index (κ2) is 13.1. The molecule has 1 aliphatic heterocycles. The van der Waals surface area contributed by atoms with Crippen molar-refractivity contribution in [3.63, 3.8) is 0 Å². The molecule has 4 aromatic rings. The topological polar surface area (TPSA) is 122 Å². The van der Waals surface area contributed by atoms with E-state index >= 15 is 0 Å². The SMILES string of the molecule is COc1cc(C2C(C(=O)OCC(C)C)=C(C)N=c3sc(=Cc4ccccc4[N+](=O)[O-])c(=O)n32)ccc1OCc1ccccc1. The lowest BCUT2D eigenvalue weighted by Crippen LogP contribution is -2.40. The van der Waals surface area contributed by atoms with Crippen molar-refractivity contribution in [1.82, 2.24) is 4.57 Å². The highest BCUT2D eigenvalue weighted by atomic mass is 32.1. The van der Waals surface area contributed by atoms with Crippen molar-refractivity contribution in [3.05, 3.63) is 131 Å². The number of nitro groups is 1. The molecule has 5 rings (SSSR count). The lowest BCUT2D eigenvalue weighted by atomic mass is 9.95. The number of benzene rings is 3. The van der Waals surface area contributed by atoms with Crippen molar-refractivity contribution in [2.45, 2.75) is 33.4 Å². The normalized spacial score (nSPS) is 14.7. The Balaban J connectivity index is 1.63. The molecule has 0 aliphatic carbocycles. The van der Waals surface area contributed by atoms with E-state index in [-0.39, 0.29) is 33.9 Å². The standard InChI is InChI=1S/C33H31N3O7S/c1-20(2)18-43-32(38)29-21(3)34-33-35(31(37)28(44-33)17-23-12-8-9-13-25(23)36(39)40)30(29)24-14-15-26(27(16-24)41-4)42-19-22-10-6-5-7-11-22/h5-17,20,30H,18-19H2,1-4H3. The third kappa shape index (κ3) is 6.32. The summed E-state index contributed by atoms with van der Waals surface area (Å²) >= 11 is 1.09. The number of hydrogen-bond donors (Lipinski definition) is 0. The van der Waals surface area contributed by atoms with Crippen LogP contribution in [0.2, 0.25) is 0 Å². The molecule has 0 saturated carbocycles. The van der Waals surface area contributed by atoms with E-state index in [1.165, 1.54) is 23.8 Å². The monoisotopic (exact) mass is 613 g/mol. The van der Waals surface area contributed by atoms with Crippen LogP contribution < -0.4 is 24.4 Å². The number of carbonyl (C=O) groups excluding carboxylic acids is 1. The minimum atomic E-state index is -0.893. The Hall–Kier alpha value is -5.03. The summed E-state index contributed by atoms with van der Waals surface area (Å²) in [5.41, 5.74) is 1.91. The van der Waals surface area contributed by atoms with Gasteiger partial charge in [0.2, 0.25) is 0 Å². The number of nitrogens with zero attached hydrogens (tertiary/aromatic N) is 3. The second-order valence-electron chi connectivity index (χ2n) is 10.6. The van der Waals surface area contributed by atoms with E-state index in [1.807, 2.05) is 44.2 Å². The van der Waals surface area contributed by atoms with Gasteiger partial charge in [-0.05, 0) is 48.2 Å². The summed E-state index contributed by atoms with van der Waals surface area (Å²) in [6.45, 7) is 6.08. The Morgan fingerprint density at radius 1 is 1.09 bits per heavy atom. The Labute approximate surface area is 257 Å². The minimum Gasteiger partial charge on any atom is -0.493 e. The summed E-state index contributed by atoms with van der Waals surface area (Å²) in [5.74, 6) is 0.433. The highest BCUT2D eigenvalue weighted by Crippen LogP contribution is 2.36. The van der Waals surface area contributed by atoms with Crippen LogP contribution in [0.5, 0.6) is 11.5 Å². The van der Waals surface area contributed by atoms with Gasteiger partial charge in [0.15, 0.2) is 16.3 Å². The van der Waals surface area contributed by atoms with Crippen molar-refractivity contribution in [2.75, 3.05) is 13.7 Å². The van der Waals surface area contributed by atoms with Gasteiger partial charge in [-0.25, -0.2) is 9.79 Å². The van der Waals surface area contributed by atoms with E-state index in [9.17, 15) is 19.7 Å². The largest absolute Gasteiger partial charge is 0.493 e. The van der Waals surface area contributed by atoms with Gasteiger partial charge in [0.1, 0.15) is 6.61 Å². The maximum atomic E-state index is 14.0. The van der Waals surface area contributed by atoms with Gasteiger partial charge < -0.3 is 14.2 Å². The lowest BCUT2D eigenvalue weighted by Gasteiger charge is -2.25. The van der Waals surface area contributed by atoms with Gasteiger partial charge in [-0.2, -0.15) is 0 Å². The summed E-state index contributed by atoms with van der Waals surface area (Å²) in [5, 5.41) is 11.6. The fourth-order valence-electron chi connectivity index (χ4n) is 4.84. The molecule has 11 heteroatoms. The highest BCUT2D eigenvalue weighted by Gasteiger charge is 2.34. The predicted molar refractivity (Wildman–Crippen MR) is 166 cm³/mol. The Bertz CT molecular complexity index is 1930. The number of esters is 1. The van der Waals surface area contributed by atoms with E-state index in [0.29, 0.717) is 34.2 Å². The van der Waals surface area contributed by atoms with Crippen LogP contribution in [0.15, 0.2) is 93.9 Å². The number of carbonyl (C=O) groups is 1. The number of rotatable bonds is 10. The highest BCUT2D eigenvalue weighted by molar-refractivity contribution is 7.07. The zero-order valence-electron chi connectivity index (χ0n) is 24.7. The van der Waals surface area contributed by atoms with E-state index in [0.717, 1.165) is 16.9 Å². The Morgan fingerprint density at radius 3 is 2.52 bits per heavy atom. The summed E-state index contributed by atoms with van der Waals surface area (Å²) in [7, 11) is 1.52. The number of methoxy groups -OCH3 is 1. The molecule has 10 nitrogen and oxygen atoms in total. The van der Waals surface area contributed by atoms with Crippen LogP contribution in [0, 0.1) is 16.0 Å². The van der Waals surface area contributed by atoms with Gasteiger partial charge in [0.05, 0.1) is 46.0 Å². The number of aromatic nitrogens is 1. The second-order valence-corrected chi connectivity index (χ2v) is 11.6. The molecule has 1 aliphatic rings. The third-order valence-corrected chi connectivity index (χ3v) is 7.93. The van der Waals surface area contributed by atoms with Crippen molar-refractivity contribution in [2.24, 2.45) is 10.9 Å². The molecule has 2 heterocycles. The van der Waals surface area contributed by atoms with Crippen LogP contribution >= 0.6 is 11.3 Å². The number of nitro benzene ring substituents is 1.